The molecule has 0 unspecified atom stereocenters. The molecule has 2 amide bonds. The van der Waals surface area contributed by atoms with E-state index >= 15 is 0 Å². The highest BCUT2D eigenvalue weighted by Gasteiger charge is 2.33. The summed E-state index contributed by atoms with van der Waals surface area (Å²) in [5, 5.41) is 3.32. The summed E-state index contributed by atoms with van der Waals surface area (Å²) in [5.41, 5.74) is 2.91. The lowest BCUT2D eigenvalue weighted by Crippen LogP contribution is -2.52. The Morgan fingerprint density at radius 2 is 1.43 bits per heavy atom. The second kappa shape index (κ2) is 14.0. The smallest absolute Gasteiger partial charge is 0.264 e. The van der Waals surface area contributed by atoms with E-state index in [0.717, 1.165) is 27.4 Å². The minimum atomic E-state index is -4.21. The lowest BCUT2D eigenvalue weighted by Gasteiger charge is -2.33. The number of rotatable bonds is 12. The molecule has 3 rings (SSSR count). The zero-order chi connectivity index (χ0) is 29.4. The van der Waals surface area contributed by atoms with Crippen LogP contribution in [0.3, 0.4) is 0 Å². The van der Waals surface area contributed by atoms with E-state index in [2.05, 4.69) is 5.32 Å². The molecule has 0 aliphatic rings. The number of hydrogen-bond acceptors (Lipinski definition) is 4. The van der Waals surface area contributed by atoms with Crippen LogP contribution in [0.15, 0.2) is 71.6 Å². The molecule has 0 saturated carbocycles. The number of halogens is 2. The predicted molar refractivity (Wildman–Crippen MR) is 161 cm³/mol. The standard InChI is InChI=1S/C30H35Cl2N3O4S/c1-5-15-33-30(37)28(6-2)34(19-23-11-7-21(3)8-12-23)29(36)20-35(26-17-24(31)16-25(32)18-26)40(38,39)27-13-9-22(4)10-14-27/h7-14,16-18,28H,5-6,15,19-20H2,1-4H3,(H,33,37)/t28-/m1/s1. The van der Waals surface area contributed by atoms with Gasteiger partial charge in [0.05, 0.1) is 10.6 Å². The van der Waals surface area contributed by atoms with Crippen molar-refractivity contribution in [2.24, 2.45) is 0 Å². The van der Waals surface area contributed by atoms with E-state index in [-0.39, 0.29) is 33.1 Å². The van der Waals surface area contributed by atoms with Gasteiger partial charge in [0.2, 0.25) is 11.8 Å². The molecule has 0 bridgehead atoms. The molecule has 40 heavy (non-hydrogen) atoms. The van der Waals surface area contributed by atoms with Gasteiger partial charge in [0.15, 0.2) is 0 Å². The van der Waals surface area contributed by atoms with Crippen molar-refractivity contribution < 1.29 is 18.0 Å². The number of benzene rings is 3. The van der Waals surface area contributed by atoms with E-state index in [1.165, 1.54) is 35.2 Å². The second-order valence-corrected chi connectivity index (χ2v) is 12.4. The van der Waals surface area contributed by atoms with E-state index in [1.807, 2.05) is 52.0 Å². The van der Waals surface area contributed by atoms with Crippen molar-refractivity contribution in [1.82, 2.24) is 10.2 Å². The highest BCUT2D eigenvalue weighted by molar-refractivity contribution is 7.92. The van der Waals surface area contributed by atoms with Crippen LogP contribution in [0.2, 0.25) is 10.0 Å². The third-order valence-electron chi connectivity index (χ3n) is 6.43. The second-order valence-electron chi connectivity index (χ2n) is 9.67. The van der Waals surface area contributed by atoms with Gasteiger partial charge in [0, 0.05) is 23.1 Å². The zero-order valence-corrected chi connectivity index (χ0v) is 25.5. The lowest BCUT2D eigenvalue weighted by molar-refractivity contribution is -0.140. The lowest BCUT2D eigenvalue weighted by atomic mass is 10.1. The van der Waals surface area contributed by atoms with Crippen molar-refractivity contribution in [2.75, 3.05) is 17.4 Å². The Bertz CT molecular complexity index is 1410. The summed E-state index contributed by atoms with van der Waals surface area (Å²) in [4.78, 5) is 28.7. The number of anilines is 1. The third-order valence-corrected chi connectivity index (χ3v) is 8.66. The first-order valence-corrected chi connectivity index (χ1v) is 15.3. The number of sulfonamides is 1. The normalized spacial score (nSPS) is 12.1. The summed E-state index contributed by atoms with van der Waals surface area (Å²) < 4.78 is 28.8. The minimum absolute atomic E-state index is 0.0137. The molecule has 0 aliphatic carbocycles. The molecule has 3 aromatic carbocycles. The molecular weight excluding hydrogens is 569 g/mol. The van der Waals surface area contributed by atoms with Gasteiger partial charge in [-0.05, 0) is 62.6 Å². The summed E-state index contributed by atoms with van der Waals surface area (Å²) in [6.07, 6.45) is 1.09. The van der Waals surface area contributed by atoms with Gasteiger partial charge < -0.3 is 10.2 Å². The van der Waals surface area contributed by atoms with Crippen molar-refractivity contribution in [3.05, 3.63) is 93.5 Å². The molecule has 0 saturated heterocycles. The number of nitrogens with zero attached hydrogens (tertiary/aromatic N) is 2. The molecule has 3 aromatic rings. The number of hydrogen-bond donors (Lipinski definition) is 1. The topological polar surface area (TPSA) is 86.8 Å². The SMILES string of the molecule is CCCNC(=O)[C@@H](CC)N(Cc1ccc(C)cc1)C(=O)CN(c1cc(Cl)cc(Cl)c1)S(=O)(=O)c1ccc(C)cc1. The van der Waals surface area contributed by atoms with E-state index < -0.39 is 28.5 Å². The summed E-state index contributed by atoms with van der Waals surface area (Å²) in [5.74, 6) is -0.825. The number of aryl methyl sites for hydroxylation is 2. The Hall–Kier alpha value is -3.07. The molecule has 0 fully saturated rings. The summed E-state index contributed by atoms with van der Waals surface area (Å²) in [6.45, 7) is 7.62. The van der Waals surface area contributed by atoms with Gasteiger partial charge in [0.25, 0.3) is 10.0 Å². The monoisotopic (exact) mass is 603 g/mol. The maximum absolute atomic E-state index is 14.1. The van der Waals surface area contributed by atoms with Crippen molar-refractivity contribution in [1.29, 1.82) is 0 Å². The molecule has 0 spiro atoms. The molecule has 0 aromatic heterocycles. The Labute approximate surface area is 247 Å². The van der Waals surface area contributed by atoms with E-state index in [0.29, 0.717) is 13.0 Å². The Balaban J connectivity index is 2.08. The van der Waals surface area contributed by atoms with Crippen LogP contribution in [0.1, 0.15) is 43.4 Å². The fourth-order valence-corrected chi connectivity index (χ4v) is 6.14. The van der Waals surface area contributed by atoms with Gasteiger partial charge in [-0.3, -0.25) is 13.9 Å². The van der Waals surface area contributed by atoms with E-state index in [4.69, 9.17) is 23.2 Å². The molecular formula is C30H35Cl2N3O4S. The average molecular weight is 605 g/mol. The molecule has 0 aliphatic heterocycles. The van der Waals surface area contributed by atoms with Gasteiger partial charge in [-0.1, -0.05) is 84.6 Å². The summed E-state index contributed by atoms with van der Waals surface area (Å²) in [6, 6.07) is 17.6. The Morgan fingerprint density at radius 1 is 0.875 bits per heavy atom. The number of amides is 2. The fraction of sp³-hybridized carbons (Fsp3) is 0.333. The van der Waals surface area contributed by atoms with Crippen LogP contribution in [-0.4, -0.2) is 44.3 Å². The number of carbonyl (C=O) groups is 2. The van der Waals surface area contributed by atoms with Crippen molar-refractivity contribution in [3.8, 4) is 0 Å². The van der Waals surface area contributed by atoms with Gasteiger partial charge in [-0.2, -0.15) is 0 Å². The molecule has 10 heteroatoms. The molecule has 1 atom stereocenters. The first-order chi connectivity index (χ1) is 19.0. The zero-order valence-electron chi connectivity index (χ0n) is 23.2. The van der Waals surface area contributed by atoms with Crippen molar-refractivity contribution in [2.45, 2.75) is 58.0 Å². The van der Waals surface area contributed by atoms with Crippen LogP contribution in [0.4, 0.5) is 5.69 Å². The van der Waals surface area contributed by atoms with Crippen LogP contribution in [-0.2, 0) is 26.2 Å². The van der Waals surface area contributed by atoms with E-state index in [1.54, 1.807) is 12.1 Å². The average Bonchev–Trinajstić information content (AvgIpc) is 2.91. The quantitative estimate of drug-likeness (QED) is 0.269. The minimum Gasteiger partial charge on any atom is -0.354 e. The maximum Gasteiger partial charge on any atom is 0.264 e. The van der Waals surface area contributed by atoms with Crippen LogP contribution < -0.4 is 9.62 Å². The third kappa shape index (κ3) is 7.99. The van der Waals surface area contributed by atoms with Crippen LogP contribution in [0.5, 0.6) is 0 Å². The van der Waals surface area contributed by atoms with E-state index in [9.17, 15) is 18.0 Å². The van der Waals surface area contributed by atoms with Crippen LogP contribution in [0, 0.1) is 13.8 Å². The van der Waals surface area contributed by atoms with Crippen molar-refractivity contribution in [3.63, 3.8) is 0 Å². The Kier molecular flexibility index (Phi) is 11.0. The molecule has 7 nitrogen and oxygen atoms in total. The van der Waals surface area contributed by atoms with Gasteiger partial charge in [0.1, 0.15) is 12.6 Å². The molecule has 0 radical (unpaired) electrons. The largest absolute Gasteiger partial charge is 0.354 e. The highest BCUT2D eigenvalue weighted by atomic mass is 35.5. The highest BCUT2D eigenvalue weighted by Crippen LogP contribution is 2.30. The molecule has 1 N–H and O–H groups in total. The van der Waals surface area contributed by atoms with Gasteiger partial charge in [-0.15, -0.1) is 0 Å². The van der Waals surface area contributed by atoms with Gasteiger partial charge in [-0.25, -0.2) is 8.42 Å². The summed E-state index contributed by atoms with van der Waals surface area (Å²) in [7, 11) is -4.21. The Morgan fingerprint density at radius 3 is 1.95 bits per heavy atom. The predicted octanol–water partition coefficient (Wildman–Crippen LogP) is 6.14. The molecule has 0 heterocycles. The first-order valence-electron chi connectivity index (χ1n) is 13.1. The number of nitrogens with one attached hydrogen (secondary N) is 1. The fourth-order valence-electron chi connectivity index (χ4n) is 4.23. The first kappa shape index (κ1) is 31.5. The maximum atomic E-state index is 14.1. The van der Waals surface area contributed by atoms with Crippen LogP contribution >= 0.6 is 23.2 Å². The van der Waals surface area contributed by atoms with Crippen molar-refractivity contribution >= 4 is 50.7 Å². The number of carbonyl (C=O) groups excluding carboxylic acids is 2. The van der Waals surface area contributed by atoms with Crippen LogP contribution in [0.25, 0.3) is 0 Å². The van der Waals surface area contributed by atoms with Gasteiger partial charge >= 0.3 is 0 Å². The summed E-state index contributed by atoms with van der Waals surface area (Å²) >= 11 is 12.5. The molecule has 214 valence electrons.